The third-order valence-corrected chi connectivity index (χ3v) is 5.93. The summed E-state index contributed by atoms with van der Waals surface area (Å²) in [6, 6.07) is 5.45. The lowest BCUT2D eigenvalue weighted by Crippen LogP contribution is -2.28. The molecular formula is C26H43NO5. The second-order valence-electron chi connectivity index (χ2n) is 8.38. The zero-order valence-electron chi connectivity index (χ0n) is 19.5. The molecule has 1 aliphatic carbocycles. The summed E-state index contributed by atoms with van der Waals surface area (Å²) in [6.07, 6.45) is 10.5. The number of benzene rings is 1. The van der Waals surface area contributed by atoms with Gasteiger partial charge in [0.15, 0.2) is 11.5 Å². The summed E-state index contributed by atoms with van der Waals surface area (Å²) in [5, 5.41) is 0. The van der Waals surface area contributed by atoms with Gasteiger partial charge < -0.3 is 19.1 Å². The molecule has 2 rings (SSSR count). The normalized spacial score (nSPS) is 13.3. The Labute approximate surface area is 194 Å². The van der Waals surface area contributed by atoms with Gasteiger partial charge in [-0.3, -0.25) is 9.59 Å². The monoisotopic (exact) mass is 449 g/mol. The molecule has 6 heteroatoms. The van der Waals surface area contributed by atoms with Gasteiger partial charge in [0.25, 0.3) is 0 Å². The Morgan fingerprint density at radius 1 is 1.09 bits per heavy atom. The van der Waals surface area contributed by atoms with Gasteiger partial charge in [-0.25, -0.2) is 0 Å². The molecule has 1 aliphatic rings. The van der Waals surface area contributed by atoms with Gasteiger partial charge in [-0.15, -0.1) is 0 Å². The maximum atomic E-state index is 12.3. The van der Waals surface area contributed by atoms with Gasteiger partial charge in [-0.05, 0) is 43.4 Å². The second kappa shape index (κ2) is 15.5. The van der Waals surface area contributed by atoms with Crippen molar-refractivity contribution in [2.75, 3.05) is 33.9 Å². The van der Waals surface area contributed by atoms with E-state index in [-0.39, 0.29) is 25.7 Å². The number of esters is 1. The van der Waals surface area contributed by atoms with E-state index in [0.29, 0.717) is 37.7 Å². The quantitative estimate of drug-likeness (QED) is 0.280. The predicted molar refractivity (Wildman–Crippen MR) is 128 cm³/mol. The first-order valence-corrected chi connectivity index (χ1v) is 11.7. The molecule has 0 radical (unpaired) electrons. The molecule has 0 aliphatic heterocycles. The zero-order valence-corrected chi connectivity index (χ0v) is 19.5. The summed E-state index contributed by atoms with van der Waals surface area (Å²) >= 11 is 0. The first-order chi connectivity index (χ1) is 15.0. The Bertz CT molecular complexity index is 685. The van der Waals surface area contributed by atoms with E-state index in [1.165, 1.54) is 32.1 Å². The fourth-order valence-electron chi connectivity index (χ4n) is 4.13. The lowest BCUT2D eigenvalue weighted by atomic mass is 10.00. The van der Waals surface area contributed by atoms with E-state index in [4.69, 9.17) is 14.2 Å². The lowest BCUT2D eigenvalue weighted by molar-refractivity contribution is -0.142. The van der Waals surface area contributed by atoms with Crippen molar-refractivity contribution >= 4 is 11.9 Å². The van der Waals surface area contributed by atoms with E-state index in [1.807, 2.05) is 19.2 Å². The van der Waals surface area contributed by atoms with E-state index in [1.54, 1.807) is 25.0 Å². The average Bonchev–Trinajstić information content (AvgIpc) is 3.28. The number of rotatable bonds is 14. The third-order valence-electron chi connectivity index (χ3n) is 5.93. The molecule has 0 N–H and O–H groups in total. The number of carbonyl (C=O) groups excluding carboxylic acids is 2. The highest BCUT2D eigenvalue weighted by Gasteiger charge is 2.15. The number of hydrogen-bond acceptors (Lipinski definition) is 5. The van der Waals surface area contributed by atoms with Crippen molar-refractivity contribution in [3.63, 3.8) is 0 Å². The molecule has 1 aromatic rings. The fourth-order valence-corrected chi connectivity index (χ4v) is 4.13. The van der Waals surface area contributed by atoms with Crippen molar-refractivity contribution in [3.05, 3.63) is 23.8 Å². The van der Waals surface area contributed by atoms with Crippen LogP contribution >= 0.6 is 0 Å². The summed E-state index contributed by atoms with van der Waals surface area (Å²) in [4.78, 5) is 25.8. The molecular weight excluding hydrogens is 406 g/mol. The molecule has 1 saturated carbocycles. The summed E-state index contributed by atoms with van der Waals surface area (Å²) in [5.41, 5.74) is 0.819. The fraction of sp³-hybridized carbons (Fsp3) is 0.692. The average molecular weight is 450 g/mol. The van der Waals surface area contributed by atoms with Crippen LogP contribution in [-0.4, -0.2) is 50.7 Å². The lowest BCUT2D eigenvalue weighted by Gasteiger charge is -2.18. The van der Waals surface area contributed by atoms with E-state index >= 15 is 0 Å². The Morgan fingerprint density at radius 3 is 2.53 bits per heavy atom. The summed E-state index contributed by atoms with van der Waals surface area (Å²) in [6.45, 7) is 3.29. The van der Waals surface area contributed by atoms with Crippen molar-refractivity contribution < 1.29 is 23.8 Å². The summed E-state index contributed by atoms with van der Waals surface area (Å²) in [7, 11) is 3.45. The first kappa shape index (κ1) is 27.8. The number of amides is 1. The van der Waals surface area contributed by atoms with E-state index in [2.05, 4.69) is 0 Å². The number of methoxy groups -OCH3 is 1. The van der Waals surface area contributed by atoms with Crippen LogP contribution in [0.25, 0.3) is 0 Å². The highest BCUT2D eigenvalue weighted by atomic mass is 16.5. The number of nitrogens with zero attached hydrogens (tertiary/aromatic N) is 1. The number of hydrogen-bond donors (Lipinski definition) is 0. The molecule has 0 spiro atoms. The van der Waals surface area contributed by atoms with Gasteiger partial charge in [0.2, 0.25) is 5.91 Å². The van der Waals surface area contributed by atoms with Gasteiger partial charge >= 0.3 is 5.97 Å². The minimum Gasteiger partial charge on any atom is -0.493 e. The largest absolute Gasteiger partial charge is 0.493 e. The Kier molecular flexibility index (Phi) is 13.5. The van der Waals surface area contributed by atoms with Crippen LogP contribution in [0.15, 0.2) is 18.2 Å². The maximum Gasteiger partial charge on any atom is 0.310 e. The minimum atomic E-state index is -0.262. The van der Waals surface area contributed by atoms with Crippen LogP contribution in [0.2, 0.25) is 0 Å². The molecule has 32 heavy (non-hydrogen) atoms. The molecule has 1 amide bonds. The number of ether oxygens (including phenoxy) is 3. The van der Waals surface area contributed by atoms with Crippen molar-refractivity contribution in [1.82, 2.24) is 4.90 Å². The van der Waals surface area contributed by atoms with E-state index < -0.39 is 0 Å². The van der Waals surface area contributed by atoms with Gasteiger partial charge in [-0.2, -0.15) is 0 Å². The van der Waals surface area contributed by atoms with Crippen LogP contribution in [0.3, 0.4) is 0 Å². The van der Waals surface area contributed by atoms with Gasteiger partial charge in [0.05, 0.1) is 26.7 Å². The molecule has 1 aromatic carbocycles. The topological polar surface area (TPSA) is 65.1 Å². The van der Waals surface area contributed by atoms with Crippen molar-refractivity contribution in [3.8, 4) is 11.5 Å². The standard InChI is InChI=1S/C25H39NO5.CH4/c1-4-30-25(28)19-21-14-15-22(29-3)23(18-21)31-17-9-16-26(2)24(27)13-8-7-12-20-10-5-6-11-20;/h14-15,18,20H,4-13,16-17,19H2,1-3H3;1H4. The Hall–Kier alpha value is -2.24. The molecule has 0 saturated heterocycles. The number of carbonyl (C=O) groups is 2. The number of unbranched alkanes of at least 4 members (excludes halogenated alkanes) is 1. The highest BCUT2D eigenvalue weighted by molar-refractivity contribution is 5.75. The molecule has 0 atom stereocenters. The molecule has 6 nitrogen and oxygen atoms in total. The molecule has 0 heterocycles. The highest BCUT2D eigenvalue weighted by Crippen LogP contribution is 2.29. The van der Waals surface area contributed by atoms with Crippen LogP contribution < -0.4 is 9.47 Å². The minimum absolute atomic E-state index is 0. The van der Waals surface area contributed by atoms with Crippen molar-refractivity contribution in [1.29, 1.82) is 0 Å². The smallest absolute Gasteiger partial charge is 0.310 e. The SMILES string of the molecule is C.CCOC(=O)Cc1ccc(OC)c(OCCCN(C)C(=O)CCCCC2CCCC2)c1. The molecule has 1 fully saturated rings. The molecule has 0 bridgehead atoms. The van der Waals surface area contributed by atoms with Gasteiger partial charge in [0, 0.05) is 20.0 Å². The van der Waals surface area contributed by atoms with Crippen LogP contribution in [-0.2, 0) is 20.7 Å². The van der Waals surface area contributed by atoms with Gasteiger partial charge in [0.1, 0.15) is 0 Å². The predicted octanol–water partition coefficient (Wildman–Crippen LogP) is 5.41. The molecule has 0 unspecified atom stereocenters. The van der Waals surface area contributed by atoms with E-state index in [0.717, 1.165) is 30.7 Å². The second-order valence-corrected chi connectivity index (χ2v) is 8.38. The molecule has 182 valence electrons. The Balaban J connectivity index is 0.00000512. The third kappa shape index (κ3) is 9.92. The Morgan fingerprint density at radius 2 is 1.84 bits per heavy atom. The molecule has 0 aromatic heterocycles. The van der Waals surface area contributed by atoms with Crippen LogP contribution in [0.4, 0.5) is 0 Å². The zero-order chi connectivity index (χ0) is 22.5. The van der Waals surface area contributed by atoms with Crippen LogP contribution in [0.1, 0.15) is 77.7 Å². The van der Waals surface area contributed by atoms with Crippen LogP contribution in [0.5, 0.6) is 11.5 Å². The first-order valence-electron chi connectivity index (χ1n) is 11.7. The summed E-state index contributed by atoms with van der Waals surface area (Å²) in [5.74, 6) is 2.07. The summed E-state index contributed by atoms with van der Waals surface area (Å²) < 4.78 is 16.2. The van der Waals surface area contributed by atoms with E-state index in [9.17, 15) is 9.59 Å². The van der Waals surface area contributed by atoms with Gasteiger partial charge in [-0.1, -0.05) is 52.0 Å². The van der Waals surface area contributed by atoms with Crippen molar-refractivity contribution in [2.24, 2.45) is 5.92 Å². The van der Waals surface area contributed by atoms with Crippen molar-refractivity contribution in [2.45, 2.75) is 78.6 Å². The van der Waals surface area contributed by atoms with Crippen LogP contribution in [0, 0.1) is 5.92 Å². The maximum absolute atomic E-state index is 12.3.